The zero-order chi connectivity index (χ0) is 17.6. The van der Waals surface area contributed by atoms with Crippen molar-refractivity contribution in [2.45, 2.75) is 12.8 Å². The van der Waals surface area contributed by atoms with Gasteiger partial charge in [0.2, 0.25) is 11.8 Å². The number of nitrogens with zero attached hydrogens (tertiary/aromatic N) is 1. The highest BCUT2D eigenvalue weighted by Crippen LogP contribution is 2.60. The van der Waals surface area contributed by atoms with Gasteiger partial charge in [-0.2, -0.15) is 4.67 Å². The first-order valence-electron chi connectivity index (χ1n) is 7.72. The third kappa shape index (κ3) is 2.70. The van der Waals surface area contributed by atoms with Crippen LogP contribution in [0, 0.1) is 0 Å². The fourth-order valence-corrected chi connectivity index (χ4v) is 5.31. The molecule has 25 heavy (non-hydrogen) atoms. The molecule has 2 aromatic rings. The molecule has 0 radical (unpaired) electrons. The third-order valence-corrected chi connectivity index (χ3v) is 6.42. The lowest BCUT2D eigenvalue weighted by Crippen LogP contribution is -2.28. The Bertz CT molecular complexity index is 954. The van der Waals surface area contributed by atoms with Gasteiger partial charge in [0.25, 0.3) is 0 Å². The van der Waals surface area contributed by atoms with Gasteiger partial charge in [0.05, 0.1) is 0 Å². The molecular formula is C18H13ClNO4P. The van der Waals surface area contributed by atoms with Crippen molar-refractivity contribution in [1.29, 1.82) is 0 Å². The van der Waals surface area contributed by atoms with Crippen molar-refractivity contribution in [2.24, 2.45) is 0 Å². The van der Waals surface area contributed by atoms with Gasteiger partial charge in [0, 0.05) is 34.8 Å². The summed E-state index contributed by atoms with van der Waals surface area (Å²) < 4.78 is 19.9. The lowest BCUT2D eigenvalue weighted by molar-refractivity contribution is -0.132. The molecule has 0 aromatic heterocycles. The van der Waals surface area contributed by atoms with Crippen LogP contribution in [0.25, 0.3) is 5.57 Å². The minimum Gasteiger partial charge on any atom is -0.425 e. The van der Waals surface area contributed by atoms with Crippen LogP contribution in [0.1, 0.15) is 24.0 Å². The zero-order valence-corrected chi connectivity index (χ0v) is 14.7. The highest BCUT2D eigenvalue weighted by atomic mass is 35.5. The molecule has 126 valence electrons. The number of halogens is 1. The molecule has 0 N–H and O–H groups in total. The number of carbonyl (C=O) groups is 2. The summed E-state index contributed by atoms with van der Waals surface area (Å²) in [6.45, 7) is 0. The molecule has 4 rings (SSSR count). The van der Waals surface area contributed by atoms with Crippen molar-refractivity contribution in [3.8, 4) is 5.75 Å². The molecule has 0 bridgehead atoms. The number of amides is 2. The Balaban J connectivity index is 1.93. The molecule has 1 fully saturated rings. The Morgan fingerprint density at radius 3 is 2.36 bits per heavy atom. The Morgan fingerprint density at radius 1 is 1.00 bits per heavy atom. The average molecular weight is 374 g/mol. The number of fused-ring (bicyclic) bond motifs is 1. The molecule has 2 aromatic carbocycles. The van der Waals surface area contributed by atoms with E-state index in [1.54, 1.807) is 18.2 Å². The number of hydrogen-bond donors (Lipinski definition) is 0. The fraction of sp³-hybridized carbons (Fsp3) is 0.111. The van der Waals surface area contributed by atoms with Gasteiger partial charge in [-0.05, 0) is 23.8 Å². The summed E-state index contributed by atoms with van der Waals surface area (Å²) in [4.78, 5) is 24.2. The molecule has 0 spiro atoms. The summed E-state index contributed by atoms with van der Waals surface area (Å²) in [5.74, 6) is 0.771. The molecule has 2 heterocycles. The highest BCUT2D eigenvalue weighted by Gasteiger charge is 2.46. The summed E-state index contributed by atoms with van der Waals surface area (Å²) in [5.41, 5.74) is 2.10. The van der Waals surface area contributed by atoms with Crippen molar-refractivity contribution in [2.75, 3.05) is 0 Å². The van der Waals surface area contributed by atoms with Gasteiger partial charge in [-0.25, -0.2) is 4.57 Å². The van der Waals surface area contributed by atoms with Gasteiger partial charge in [-0.15, -0.1) is 0 Å². The maximum absolute atomic E-state index is 13.4. The van der Waals surface area contributed by atoms with Gasteiger partial charge < -0.3 is 4.52 Å². The van der Waals surface area contributed by atoms with Crippen molar-refractivity contribution in [1.82, 2.24) is 4.67 Å². The van der Waals surface area contributed by atoms with Crippen LogP contribution in [-0.4, -0.2) is 16.5 Å². The molecule has 0 unspecified atom stereocenters. The molecule has 7 heteroatoms. The number of carbonyl (C=O) groups excluding carboxylic acids is 2. The van der Waals surface area contributed by atoms with Gasteiger partial charge in [0.1, 0.15) is 5.75 Å². The quantitative estimate of drug-likeness (QED) is 0.575. The van der Waals surface area contributed by atoms with E-state index in [4.69, 9.17) is 16.1 Å². The topological polar surface area (TPSA) is 63.7 Å². The normalized spacial score (nSPS) is 22.4. The van der Waals surface area contributed by atoms with Gasteiger partial charge in [0.15, 0.2) is 0 Å². The van der Waals surface area contributed by atoms with Crippen LogP contribution in [0.4, 0.5) is 0 Å². The molecule has 2 aliphatic heterocycles. The number of hydrogen-bond acceptors (Lipinski definition) is 4. The fourth-order valence-electron chi connectivity index (χ4n) is 3.01. The highest BCUT2D eigenvalue weighted by molar-refractivity contribution is 7.62. The number of benzene rings is 2. The standard InChI is InChI=1S/C18H13ClNO4P/c19-13-6-7-16-14(10-13)15(12-4-2-1-3-5-12)11-25(23,24-16)20-17(21)8-9-18(20)22/h1-7,10-11H,8-9H2/t25-/m0/s1. The summed E-state index contributed by atoms with van der Waals surface area (Å²) >= 11 is 6.10. The van der Waals surface area contributed by atoms with Crippen LogP contribution in [0.3, 0.4) is 0 Å². The SMILES string of the molecule is O=C1CCC(=O)N1[P@]1(=O)C=C(c2ccccc2)c2cc(Cl)ccc2O1. The number of imide groups is 1. The average Bonchev–Trinajstić information content (AvgIpc) is 2.95. The zero-order valence-electron chi connectivity index (χ0n) is 13.0. The Morgan fingerprint density at radius 2 is 1.68 bits per heavy atom. The minimum absolute atomic E-state index is 0.0498. The van der Waals surface area contributed by atoms with Crippen LogP contribution in [0.2, 0.25) is 5.02 Å². The maximum Gasteiger partial charge on any atom is 0.376 e. The van der Waals surface area contributed by atoms with E-state index in [1.807, 2.05) is 30.3 Å². The smallest absolute Gasteiger partial charge is 0.376 e. The van der Waals surface area contributed by atoms with E-state index < -0.39 is 19.3 Å². The van der Waals surface area contributed by atoms with Gasteiger partial charge >= 0.3 is 7.52 Å². The van der Waals surface area contributed by atoms with E-state index in [-0.39, 0.29) is 12.8 Å². The Hall–Kier alpha value is -2.36. The van der Waals surface area contributed by atoms with Crippen LogP contribution in [-0.2, 0) is 14.2 Å². The van der Waals surface area contributed by atoms with Crippen molar-refractivity contribution < 1.29 is 18.7 Å². The third-order valence-electron chi connectivity index (χ3n) is 4.14. The molecule has 0 saturated carbocycles. The Kier molecular flexibility index (Phi) is 3.78. The Labute approximate surface area is 149 Å². The molecule has 1 atom stereocenters. The lowest BCUT2D eigenvalue weighted by atomic mass is 9.99. The summed E-state index contributed by atoms with van der Waals surface area (Å²) in [6, 6.07) is 14.2. The second-order valence-corrected chi connectivity index (χ2v) is 8.21. The molecule has 0 aliphatic carbocycles. The molecule has 2 amide bonds. The predicted molar refractivity (Wildman–Crippen MR) is 94.3 cm³/mol. The summed E-state index contributed by atoms with van der Waals surface area (Å²) in [7, 11) is -3.81. The van der Waals surface area contributed by atoms with E-state index in [1.165, 1.54) is 5.82 Å². The van der Waals surface area contributed by atoms with Crippen LogP contribution in [0.5, 0.6) is 5.75 Å². The van der Waals surface area contributed by atoms with E-state index >= 15 is 0 Å². The van der Waals surface area contributed by atoms with Crippen molar-refractivity contribution in [3.05, 3.63) is 70.5 Å². The van der Waals surface area contributed by atoms with Crippen LogP contribution < -0.4 is 4.52 Å². The first-order valence-corrected chi connectivity index (χ1v) is 9.74. The van der Waals surface area contributed by atoms with Crippen LogP contribution in [0.15, 0.2) is 54.3 Å². The van der Waals surface area contributed by atoms with E-state index in [2.05, 4.69) is 0 Å². The maximum atomic E-state index is 13.4. The van der Waals surface area contributed by atoms with Crippen LogP contribution >= 0.6 is 19.1 Å². The lowest BCUT2D eigenvalue weighted by Gasteiger charge is -2.30. The monoisotopic (exact) mass is 373 g/mol. The number of rotatable bonds is 2. The largest absolute Gasteiger partial charge is 0.425 e. The predicted octanol–water partition coefficient (Wildman–Crippen LogP) is 4.46. The van der Waals surface area contributed by atoms with Crippen molar-refractivity contribution in [3.63, 3.8) is 0 Å². The summed E-state index contributed by atoms with van der Waals surface area (Å²) in [6.07, 6.45) is 0.0995. The summed E-state index contributed by atoms with van der Waals surface area (Å²) in [5, 5.41) is 0.509. The first kappa shape index (κ1) is 16.1. The first-order chi connectivity index (χ1) is 12.0. The molecular weight excluding hydrogens is 361 g/mol. The van der Waals surface area contributed by atoms with E-state index in [0.717, 1.165) is 10.2 Å². The molecule has 1 saturated heterocycles. The second kappa shape index (κ2) is 5.87. The molecule has 2 aliphatic rings. The molecule has 5 nitrogen and oxygen atoms in total. The van der Waals surface area contributed by atoms with E-state index in [9.17, 15) is 14.2 Å². The van der Waals surface area contributed by atoms with Crippen molar-refractivity contribution >= 4 is 36.5 Å². The second-order valence-electron chi connectivity index (χ2n) is 5.80. The van der Waals surface area contributed by atoms with E-state index in [0.29, 0.717) is 21.9 Å². The minimum atomic E-state index is -3.81. The van der Waals surface area contributed by atoms with Gasteiger partial charge in [-0.3, -0.25) is 9.59 Å². The van der Waals surface area contributed by atoms with Gasteiger partial charge in [-0.1, -0.05) is 41.9 Å².